The number of alkyl halides is 2. The summed E-state index contributed by atoms with van der Waals surface area (Å²) in [5.74, 6) is -2.92. The molecule has 11 heavy (non-hydrogen) atoms. The minimum absolute atomic E-state index is 0.730. The van der Waals surface area contributed by atoms with Gasteiger partial charge in [0.2, 0.25) is 0 Å². The van der Waals surface area contributed by atoms with Gasteiger partial charge in [-0.05, 0) is 6.92 Å². The first-order valence-corrected chi connectivity index (χ1v) is 3.10. The zero-order valence-electron chi connectivity index (χ0n) is 6.65. The summed E-state index contributed by atoms with van der Waals surface area (Å²) in [7, 11) is 1.12. The zero-order chi connectivity index (χ0) is 9.07. The van der Waals surface area contributed by atoms with E-state index >= 15 is 0 Å². The highest BCUT2D eigenvalue weighted by molar-refractivity contribution is 5.67. The Morgan fingerprint density at radius 2 is 2.09 bits per heavy atom. The average molecular weight is 167 g/mol. The van der Waals surface area contributed by atoms with Crippen molar-refractivity contribution >= 4 is 6.09 Å². The van der Waals surface area contributed by atoms with Gasteiger partial charge in [-0.15, -0.1) is 0 Å². The van der Waals surface area contributed by atoms with Gasteiger partial charge >= 0.3 is 6.09 Å². The summed E-state index contributed by atoms with van der Waals surface area (Å²) in [5.41, 5.74) is 0. The molecule has 0 aliphatic carbocycles. The van der Waals surface area contributed by atoms with Gasteiger partial charge in [0.1, 0.15) is 0 Å². The smallest absolute Gasteiger partial charge is 0.407 e. The minimum Gasteiger partial charge on any atom is -0.453 e. The SMILES string of the molecule is COC(=O)NC(C)C(C)(F)F. The molecular formula is C6H11F2NO2. The van der Waals surface area contributed by atoms with Crippen LogP contribution in [0, 0.1) is 0 Å². The summed E-state index contributed by atoms with van der Waals surface area (Å²) in [6, 6.07) is -1.21. The molecule has 5 heteroatoms. The Balaban J connectivity index is 3.87. The first kappa shape index (κ1) is 10.1. The standard InChI is InChI=1S/C6H11F2NO2/c1-4(6(2,7)8)9-5(10)11-3/h4H,1-3H3,(H,9,10). The number of carbonyl (C=O) groups is 1. The van der Waals surface area contributed by atoms with Gasteiger partial charge in [-0.2, -0.15) is 0 Å². The highest BCUT2D eigenvalue weighted by atomic mass is 19.3. The van der Waals surface area contributed by atoms with Gasteiger partial charge in [0, 0.05) is 6.92 Å². The Hall–Kier alpha value is -0.870. The summed E-state index contributed by atoms with van der Waals surface area (Å²) in [6.45, 7) is 1.94. The Morgan fingerprint density at radius 1 is 1.64 bits per heavy atom. The predicted octanol–water partition coefficient (Wildman–Crippen LogP) is 1.39. The first-order valence-electron chi connectivity index (χ1n) is 3.10. The molecule has 1 atom stereocenters. The maximum atomic E-state index is 12.3. The van der Waals surface area contributed by atoms with Crippen molar-refractivity contribution in [3.63, 3.8) is 0 Å². The van der Waals surface area contributed by atoms with Crippen LogP contribution in [0.5, 0.6) is 0 Å². The molecule has 0 aromatic heterocycles. The van der Waals surface area contributed by atoms with E-state index in [2.05, 4.69) is 4.74 Å². The molecule has 0 spiro atoms. The van der Waals surface area contributed by atoms with E-state index in [0.717, 1.165) is 14.0 Å². The van der Waals surface area contributed by atoms with Crippen LogP contribution in [0.3, 0.4) is 0 Å². The molecular weight excluding hydrogens is 156 g/mol. The number of halogens is 2. The van der Waals surface area contributed by atoms with Gasteiger partial charge in [-0.1, -0.05) is 0 Å². The number of methoxy groups -OCH3 is 1. The summed E-state index contributed by atoms with van der Waals surface area (Å²) >= 11 is 0. The highest BCUT2D eigenvalue weighted by Gasteiger charge is 2.31. The largest absolute Gasteiger partial charge is 0.453 e. The van der Waals surface area contributed by atoms with Gasteiger partial charge in [0.25, 0.3) is 5.92 Å². The Morgan fingerprint density at radius 3 is 2.36 bits per heavy atom. The van der Waals surface area contributed by atoms with Crippen LogP contribution >= 0.6 is 0 Å². The number of hydrogen-bond donors (Lipinski definition) is 1. The molecule has 0 aliphatic rings. The van der Waals surface area contributed by atoms with Gasteiger partial charge in [-0.25, -0.2) is 13.6 Å². The second-order valence-electron chi connectivity index (χ2n) is 2.31. The van der Waals surface area contributed by atoms with Gasteiger partial charge in [-0.3, -0.25) is 0 Å². The maximum absolute atomic E-state index is 12.3. The lowest BCUT2D eigenvalue weighted by atomic mass is 10.2. The number of amides is 1. The minimum atomic E-state index is -2.92. The van der Waals surface area contributed by atoms with Crippen molar-refractivity contribution < 1.29 is 18.3 Å². The Bertz CT molecular complexity index is 144. The summed E-state index contributed by atoms with van der Waals surface area (Å²) in [5, 5.41) is 1.96. The van der Waals surface area contributed by atoms with Crippen molar-refractivity contribution in [1.82, 2.24) is 5.32 Å². The summed E-state index contributed by atoms with van der Waals surface area (Å²) in [4.78, 5) is 10.4. The van der Waals surface area contributed by atoms with E-state index in [1.807, 2.05) is 5.32 Å². The van der Waals surface area contributed by atoms with Gasteiger partial charge in [0.15, 0.2) is 0 Å². The molecule has 0 radical (unpaired) electrons. The van der Waals surface area contributed by atoms with E-state index in [0.29, 0.717) is 0 Å². The van der Waals surface area contributed by atoms with E-state index < -0.39 is 18.1 Å². The number of alkyl carbamates (subject to hydrolysis) is 1. The van der Waals surface area contributed by atoms with Gasteiger partial charge in [0.05, 0.1) is 13.2 Å². The van der Waals surface area contributed by atoms with Crippen molar-refractivity contribution in [2.75, 3.05) is 7.11 Å². The van der Waals surface area contributed by atoms with Crippen LogP contribution in [-0.2, 0) is 4.74 Å². The quantitative estimate of drug-likeness (QED) is 0.674. The molecule has 0 aliphatic heterocycles. The molecule has 0 bridgehead atoms. The molecule has 1 unspecified atom stereocenters. The molecule has 1 N–H and O–H groups in total. The highest BCUT2D eigenvalue weighted by Crippen LogP contribution is 2.16. The number of rotatable bonds is 2. The third-order valence-corrected chi connectivity index (χ3v) is 1.28. The molecule has 3 nitrogen and oxygen atoms in total. The lowest BCUT2D eigenvalue weighted by molar-refractivity contribution is -0.0114. The summed E-state index contributed by atoms with van der Waals surface area (Å²) in [6.07, 6.45) is -0.848. The normalized spacial score (nSPS) is 13.9. The fourth-order valence-corrected chi connectivity index (χ4v) is 0.362. The third-order valence-electron chi connectivity index (χ3n) is 1.28. The fourth-order valence-electron chi connectivity index (χ4n) is 0.362. The van der Waals surface area contributed by atoms with Crippen LogP contribution in [0.2, 0.25) is 0 Å². The molecule has 0 heterocycles. The van der Waals surface area contributed by atoms with Crippen molar-refractivity contribution in [3.8, 4) is 0 Å². The lowest BCUT2D eigenvalue weighted by Crippen LogP contribution is -2.43. The van der Waals surface area contributed by atoms with Crippen molar-refractivity contribution in [2.24, 2.45) is 0 Å². The van der Waals surface area contributed by atoms with E-state index in [9.17, 15) is 13.6 Å². The van der Waals surface area contributed by atoms with Crippen molar-refractivity contribution in [3.05, 3.63) is 0 Å². The molecule has 66 valence electrons. The van der Waals surface area contributed by atoms with Crippen LogP contribution in [0.4, 0.5) is 13.6 Å². The van der Waals surface area contributed by atoms with Crippen LogP contribution in [0.15, 0.2) is 0 Å². The Kier molecular flexibility index (Phi) is 3.22. The molecule has 1 amide bonds. The third kappa shape index (κ3) is 3.75. The number of carbonyl (C=O) groups excluding carboxylic acids is 1. The van der Waals surface area contributed by atoms with E-state index in [-0.39, 0.29) is 0 Å². The van der Waals surface area contributed by atoms with Crippen LogP contribution in [-0.4, -0.2) is 25.2 Å². The molecule has 0 aromatic carbocycles. The van der Waals surface area contributed by atoms with E-state index in [1.54, 1.807) is 0 Å². The Labute approximate surface area is 63.7 Å². The monoisotopic (exact) mass is 167 g/mol. The topological polar surface area (TPSA) is 38.3 Å². The molecule has 0 aromatic rings. The maximum Gasteiger partial charge on any atom is 0.407 e. The number of hydrogen-bond acceptors (Lipinski definition) is 2. The number of nitrogens with one attached hydrogen (secondary N) is 1. The molecule has 0 saturated carbocycles. The predicted molar refractivity (Wildman–Crippen MR) is 35.6 cm³/mol. The summed E-state index contributed by atoms with van der Waals surface area (Å²) < 4.78 is 28.8. The lowest BCUT2D eigenvalue weighted by Gasteiger charge is -2.19. The van der Waals surface area contributed by atoms with Crippen LogP contribution in [0.1, 0.15) is 13.8 Å². The molecule has 0 fully saturated rings. The number of ether oxygens (including phenoxy) is 1. The zero-order valence-corrected chi connectivity index (χ0v) is 6.65. The second-order valence-corrected chi connectivity index (χ2v) is 2.31. The van der Waals surface area contributed by atoms with Crippen LogP contribution < -0.4 is 5.32 Å². The molecule has 0 saturated heterocycles. The van der Waals surface area contributed by atoms with Crippen molar-refractivity contribution in [2.45, 2.75) is 25.8 Å². The average Bonchev–Trinajstić information content (AvgIpc) is 1.85. The second kappa shape index (κ2) is 3.50. The first-order chi connectivity index (χ1) is 4.88. The van der Waals surface area contributed by atoms with Crippen LogP contribution in [0.25, 0.3) is 0 Å². The van der Waals surface area contributed by atoms with Gasteiger partial charge < -0.3 is 10.1 Å². The molecule has 0 rings (SSSR count). The van der Waals surface area contributed by atoms with E-state index in [1.165, 1.54) is 6.92 Å². The fraction of sp³-hybridized carbons (Fsp3) is 0.833. The van der Waals surface area contributed by atoms with Crippen molar-refractivity contribution in [1.29, 1.82) is 0 Å². The van der Waals surface area contributed by atoms with E-state index in [4.69, 9.17) is 0 Å².